The highest BCUT2D eigenvalue weighted by atomic mass is 16.2. The molecule has 2 N–H and O–H groups in total. The summed E-state index contributed by atoms with van der Waals surface area (Å²) < 4.78 is 0. The fraction of sp³-hybridized carbons (Fsp3) is 0.500. The van der Waals surface area contributed by atoms with Crippen molar-refractivity contribution < 1.29 is 9.59 Å². The molecular formula is C16H22N2O2. The molecule has 1 aromatic carbocycles. The highest BCUT2D eigenvalue weighted by Crippen LogP contribution is 2.31. The lowest BCUT2D eigenvalue weighted by atomic mass is 9.90. The average Bonchev–Trinajstić information content (AvgIpc) is 2.35. The molecule has 0 radical (unpaired) electrons. The van der Waals surface area contributed by atoms with Crippen molar-refractivity contribution >= 4 is 17.5 Å². The molecule has 1 aromatic rings. The van der Waals surface area contributed by atoms with E-state index in [4.69, 9.17) is 5.73 Å². The number of anilines is 1. The predicted octanol–water partition coefficient (Wildman–Crippen LogP) is 2.50. The van der Waals surface area contributed by atoms with Gasteiger partial charge >= 0.3 is 0 Å². The van der Waals surface area contributed by atoms with Crippen molar-refractivity contribution in [2.75, 3.05) is 11.4 Å². The highest BCUT2D eigenvalue weighted by Gasteiger charge is 2.27. The summed E-state index contributed by atoms with van der Waals surface area (Å²) in [4.78, 5) is 25.8. The number of benzene rings is 1. The van der Waals surface area contributed by atoms with Crippen molar-refractivity contribution in [3.05, 3.63) is 29.3 Å². The lowest BCUT2D eigenvalue weighted by molar-refractivity contribution is -0.120. The van der Waals surface area contributed by atoms with Crippen LogP contribution < -0.4 is 10.6 Å². The van der Waals surface area contributed by atoms with Gasteiger partial charge in [-0.3, -0.25) is 9.59 Å². The molecule has 1 aliphatic heterocycles. The normalized spacial score (nSPS) is 14.8. The Kier molecular flexibility index (Phi) is 3.84. The van der Waals surface area contributed by atoms with Crippen molar-refractivity contribution in [1.29, 1.82) is 0 Å². The van der Waals surface area contributed by atoms with Crippen LogP contribution in [0.2, 0.25) is 0 Å². The Morgan fingerprint density at radius 1 is 1.30 bits per heavy atom. The summed E-state index contributed by atoms with van der Waals surface area (Å²) in [6.45, 7) is 6.87. The molecule has 0 aromatic heterocycles. The Morgan fingerprint density at radius 2 is 2.00 bits per heavy atom. The molecule has 0 saturated carbocycles. The average molecular weight is 274 g/mol. The summed E-state index contributed by atoms with van der Waals surface area (Å²) in [6, 6.07) is 5.43. The SMILES string of the molecule is CC(C)(C)CC(=O)N1CCCc2c(C(N)=O)cccc21. The molecular weight excluding hydrogens is 252 g/mol. The molecule has 0 spiro atoms. The fourth-order valence-corrected chi connectivity index (χ4v) is 2.66. The summed E-state index contributed by atoms with van der Waals surface area (Å²) >= 11 is 0. The van der Waals surface area contributed by atoms with Gasteiger partial charge < -0.3 is 10.6 Å². The van der Waals surface area contributed by atoms with Gasteiger partial charge in [0.25, 0.3) is 0 Å². The number of rotatable bonds is 2. The van der Waals surface area contributed by atoms with Crippen molar-refractivity contribution in [1.82, 2.24) is 0 Å². The van der Waals surface area contributed by atoms with Gasteiger partial charge in [-0.1, -0.05) is 26.8 Å². The van der Waals surface area contributed by atoms with Gasteiger partial charge in [0.2, 0.25) is 11.8 Å². The molecule has 2 rings (SSSR count). The molecule has 4 nitrogen and oxygen atoms in total. The molecule has 0 unspecified atom stereocenters. The van der Waals surface area contributed by atoms with Gasteiger partial charge in [-0.15, -0.1) is 0 Å². The molecule has 0 atom stereocenters. The Bertz CT molecular complexity index is 544. The van der Waals surface area contributed by atoms with E-state index in [1.807, 2.05) is 6.07 Å². The standard InChI is InChI=1S/C16H22N2O2/c1-16(2,3)10-14(19)18-9-5-7-11-12(15(17)20)6-4-8-13(11)18/h4,6,8H,5,7,9-10H2,1-3H3,(H2,17,20). The van der Waals surface area contributed by atoms with Crippen LogP contribution in [0.5, 0.6) is 0 Å². The van der Waals surface area contributed by atoms with Gasteiger partial charge in [-0.2, -0.15) is 0 Å². The van der Waals surface area contributed by atoms with Gasteiger partial charge in [-0.25, -0.2) is 0 Å². The number of amides is 2. The second-order valence-electron chi connectivity index (χ2n) is 6.55. The van der Waals surface area contributed by atoms with E-state index in [-0.39, 0.29) is 11.3 Å². The first-order chi connectivity index (χ1) is 9.29. The van der Waals surface area contributed by atoms with Gasteiger partial charge in [0.1, 0.15) is 0 Å². The third-order valence-corrected chi connectivity index (χ3v) is 3.50. The summed E-state index contributed by atoms with van der Waals surface area (Å²) in [5, 5.41) is 0. The van der Waals surface area contributed by atoms with E-state index >= 15 is 0 Å². The lowest BCUT2D eigenvalue weighted by Crippen LogP contribution is -2.38. The highest BCUT2D eigenvalue weighted by molar-refractivity contribution is 6.00. The Morgan fingerprint density at radius 3 is 2.60 bits per heavy atom. The largest absolute Gasteiger partial charge is 0.366 e. The van der Waals surface area contributed by atoms with Gasteiger partial charge in [0.05, 0.1) is 0 Å². The van der Waals surface area contributed by atoms with Crippen molar-refractivity contribution in [2.45, 2.75) is 40.0 Å². The molecule has 0 bridgehead atoms. The molecule has 0 fully saturated rings. The zero-order valence-electron chi connectivity index (χ0n) is 12.4. The molecule has 1 heterocycles. The van der Waals surface area contributed by atoms with E-state index in [0.717, 1.165) is 24.1 Å². The van der Waals surface area contributed by atoms with Crippen LogP contribution in [-0.4, -0.2) is 18.4 Å². The molecule has 108 valence electrons. The van der Waals surface area contributed by atoms with Crippen LogP contribution in [0.1, 0.15) is 49.5 Å². The lowest BCUT2D eigenvalue weighted by Gasteiger charge is -2.32. The monoisotopic (exact) mass is 274 g/mol. The van der Waals surface area contributed by atoms with E-state index in [2.05, 4.69) is 20.8 Å². The van der Waals surface area contributed by atoms with E-state index < -0.39 is 5.91 Å². The first kappa shape index (κ1) is 14.6. The summed E-state index contributed by atoms with van der Waals surface area (Å²) in [5.41, 5.74) is 7.67. The minimum absolute atomic E-state index is 0.0456. The maximum Gasteiger partial charge on any atom is 0.249 e. The Labute approximate surface area is 119 Å². The van der Waals surface area contributed by atoms with Crippen LogP contribution in [0.25, 0.3) is 0 Å². The number of carbonyl (C=O) groups is 2. The predicted molar refractivity (Wildman–Crippen MR) is 79.7 cm³/mol. The third-order valence-electron chi connectivity index (χ3n) is 3.50. The van der Waals surface area contributed by atoms with Gasteiger partial charge in [0, 0.05) is 24.2 Å². The van der Waals surface area contributed by atoms with Gasteiger partial charge in [-0.05, 0) is 36.0 Å². The van der Waals surface area contributed by atoms with Gasteiger partial charge in [0.15, 0.2) is 0 Å². The second-order valence-corrected chi connectivity index (χ2v) is 6.55. The zero-order chi connectivity index (χ0) is 14.9. The summed E-state index contributed by atoms with van der Waals surface area (Å²) in [6.07, 6.45) is 2.16. The Hall–Kier alpha value is -1.84. The van der Waals surface area contributed by atoms with Crippen LogP contribution in [-0.2, 0) is 11.2 Å². The minimum atomic E-state index is -0.424. The smallest absolute Gasteiger partial charge is 0.249 e. The molecule has 2 amide bonds. The number of nitrogens with two attached hydrogens (primary N) is 1. The van der Waals surface area contributed by atoms with E-state index in [0.29, 0.717) is 18.5 Å². The summed E-state index contributed by atoms with van der Waals surface area (Å²) in [7, 11) is 0. The minimum Gasteiger partial charge on any atom is -0.366 e. The molecule has 0 saturated heterocycles. The molecule has 4 heteroatoms. The summed E-state index contributed by atoms with van der Waals surface area (Å²) in [5.74, 6) is -0.313. The van der Waals surface area contributed by atoms with E-state index in [9.17, 15) is 9.59 Å². The first-order valence-electron chi connectivity index (χ1n) is 7.02. The van der Waals surface area contributed by atoms with E-state index in [1.165, 1.54) is 0 Å². The second kappa shape index (κ2) is 5.27. The third kappa shape index (κ3) is 3.00. The van der Waals surface area contributed by atoms with Crippen LogP contribution in [0.3, 0.4) is 0 Å². The van der Waals surface area contributed by atoms with Crippen LogP contribution in [0.4, 0.5) is 5.69 Å². The maximum atomic E-state index is 12.5. The van der Waals surface area contributed by atoms with Crippen molar-refractivity contribution in [3.63, 3.8) is 0 Å². The van der Waals surface area contributed by atoms with Crippen LogP contribution >= 0.6 is 0 Å². The first-order valence-corrected chi connectivity index (χ1v) is 7.02. The molecule has 1 aliphatic rings. The van der Waals surface area contributed by atoms with E-state index in [1.54, 1.807) is 17.0 Å². The quantitative estimate of drug-likeness (QED) is 0.900. The van der Waals surface area contributed by atoms with Crippen LogP contribution in [0.15, 0.2) is 18.2 Å². The van der Waals surface area contributed by atoms with Crippen LogP contribution in [0, 0.1) is 5.41 Å². The van der Waals surface area contributed by atoms with Crippen molar-refractivity contribution in [3.8, 4) is 0 Å². The van der Waals surface area contributed by atoms with Crippen molar-refractivity contribution in [2.24, 2.45) is 11.1 Å². The number of fused-ring (bicyclic) bond motifs is 1. The zero-order valence-corrected chi connectivity index (χ0v) is 12.4. The number of hydrogen-bond donors (Lipinski definition) is 1. The fourth-order valence-electron chi connectivity index (χ4n) is 2.66. The maximum absolute atomic E-state index is 12.5. The number of primary amides is 1. The molecule has 20 heavy (non-hydrogen) atoms. The molecule has 0 aliphatic carbocycles. The Balaban J connectivity index is 2.36. The number of nitrogens with zero attached hydrogens (tertiary/aromatic N) is 1. The number of hydrogen-bond acceptors (Lipinski definition) is 2. The number of carbonyl (C=O) groups excluding carboxylic acids is 2. The topological polar surface area (TPSA) is 63.4 Å².